The molecule has 9 aromatic rings. The van der Waals surface area contributed by atoms with Crippen LogP contribution in [0, 0.1) is 0 Å². The third-order valence-corrected chi connectivity index (χ3v) is 13.2. The number of halogens is 2. The molecule has 0 heterocycles. The monoisotopic (exact) mass is 1180 g/mol. The van der Waals surface area contributed by atoms with Gasteiger partial charge in [-0.2, -0.15) is 0 Å². The Morgan fingerprint density at radius 1 is 0.361 bits per heavy atom. The lowest BCUT2D eigenvalue weighted by Gasteiger charge is -2.00. The van der Waals surface area contributed by atoms with Crippen LogP contribution in [0.5, 0.6) is 17.2 Å². The minimum Gasteiger partial charge on any atom is -0.497 e. The van der Waals surface area contributed by atoms with Crippen LogP contribution in [0.3, 0.4) is 0 Å². The molecule has 0 saturated heterocycles. The maximum absolute atomic E-state index is 10.2. The van der Waals surface area contributed by atoms with Gasteiger partial charge in [0.25, 0.3) is 0 Å². The van der Waals surface area contributed by atoms with Crippen LogP contribution >= 0.6 is 27.5 Å². The van der Waals surface area contributed by atoms with Gasteiger partial charge in [0.15, 0.2) is 0 Å². The molecular weight excluding hydrogens is 1110 g/mol. The molecule has 0 aromatic heterocycles. The Morgan fingerprint density at radius 3 is 0.843 bits per heavy atom. The number of benzene rings is 9. The fraction of sp³-hybridized carbons (Fsp3) is 0.107. The minimum absolute atomic E-state index is 0.579. The molecule has 0 atom stereocenters. The van der Waals surface area contributed by atoms with Crippen LogP contribution in [-0.2, 0) is 25.4 Å². The second-order valence-corrected chi connectivity index (χ2v) is 19.3. The Labute approximate surface area is 507 Å². The summed E-state index contributed by atoms with van der Waals surface area (Å²) >= 11 is 8.93. The van der Waals surface area contributed by atoms with Gasteiger partial charge in [0.05, 0.1) is 21.3 Å². The van der Waals surface area contributed by atoms with Gasteiger partial charge in [-0.15, -0.1) is 11.6 Å². The highest BCUT2D eigenvalue weighted by Gasteiger charge is 1.96. The first-order valence-electron chi connectivity index (χ1n) is 27.0. The van der Waals surface area contributed by atoms with Crippen molar-refractivity contribution in [1.82, 2.24) is 0 Å². The molecule has 8 heteroatoms. The average Bonchev–Trinajstić information content (AvgIpc) is 3.57. The summed E-state index contributed by atoms with van der Waals surface area (Å²) in [7, 11) is 4.94. The van der Waals surface area contributed by atoms with E-state index in [-0.39, 0.29) is 0 Å². The van der Waals surface area contributed by atoms with Gasteiger partial charge < -0.3 is 25.7 Å². The number of nitrogens with two attached hydrogens (primary N) is 2. The van der Waals surface area contributed by atoms with Crippen molar-refractivity contribution >= 4 is 88.5 Å². The molecule has 0 fully saturated rings. The molecule has 0 radical (unpaired) electrons. The van der Waals surface area contributed by atoms with Crippen molar-refractivity contribution in [3.63, 3.8) is 0 Å². The molecule has 0 aliphatic rings. The van der Waals surface area contributed by atoms with Crippen molar-refractivity contribution in [2.24, 2.45) is 11.5 Å². The van der Waals surface area contributed by atoms with Crippen molar-refractivity contribution in [3.8, 4) is 17.2 Å². The van der Waals surface area contributed by atoms with Crippen LogP contribution in [0.15, 0.2) is 243 Å². The van der Waals surface area contributed by atoms with Gasteiger partial charge in [-0.1, -0.05) is 255 Å². The van der Waals surface area contributed by atoms with E-state index >= 15 is 0 Å². The first kappa shape index (κ1) is 66.7. The predicted octanol–water partition coefficient (Wildman–Crippen LogP) is 19.4. The second-order valence-electron chi connectivity index (χ2n) is 18.1. The van der Waals surface area contributed by atoms with E-state index in [2.05, 4.69) is 176 Å². The molecule has 0 amide bonds. The van der Waals surface area contributed by atoms with Crippen LogP contribution in [0.2, 0.25) is 0 Å². The zero-order valence-corrected chi connectivity index (χ0v) is 50.4. The van der Waals surface area contributed by atoms with Crippen LogP contribution in [0.25, 0.3) is 54.7 Å². The number of methoxy groups -OCH3 is 3. The molecule has 4 N–H and O–H groups in total. The minimum atomic E-state index is 0.579. The number of hydrogen-bond donors (Lipinski definition) is 2. The summed E-state index contributed by atoms with van der Waals surface area (Å²) in [6, 6.07) is 72.5. The lowest BCUT2D eigenvalue weighted by Crippen LogP contribution is -1.94. The fourth-order valence-electron chi connectivity index (χ4n) is 7.17. The largest absolute Gasteiger partial charge is 0.497 e. The van der Waals surface area contributed by atoms with E-state index in [9.17, 15) is 4.79 Å². The molecule has 9 rings (SSSR count). The van der Waals surface area contributed by atoms with E-state index in [4.69, 9.17) is 37.3 Å². The smallest absolute Gasteiger partial charge is 0.150 e. The van der Waals surface area contributed by atoms with Crippen molar-refractivity contribution in [1.29, 1.82) is 0 Å². The summed E-state index contributed by atoms with van der Waals surface area (Å²) in [5.74, 6) is 3.10. The number of rotatable bonds is 17. The molecule has 0 unspecified atom stereocenters. The van der Waals surface area contributed by atoms with Gasteiger partial charge in [-0.3, -0.25) is 4.79 Å². The first-order chi connectivity index (χ1) is 40.5. The second kappa shape index (κ2) is 39.6. The number of ether oxygens (including phenoxy) is 3. The molecule has 6 nitrogen and oxygen atoms in total. The number of hydrogen-bond acceptors (Lipinski definition) is 6. The summed E-state index contributed by atoms with van der Waals surface area (Å²) < 4.78 is 16.3. The zero-order chi connectivity index (χ0) is 59.9. The first-order valence-corrected chi connectivity index (χ1v) is 28.3. The van der Waals surface area contributed by atoms with Gasteiger partial charge in [0.2, 0.25) is 0 Å². The molecular formula is C75H76BrClN2O4. The number of carbonyl (C=O) groups excluding carboxylic acids is 1. The highest BCUT2D eigenvalue weighted by molar-refractivity contribution is 9.10. The molecule has 9 aromatic carbocycles. The van der Waals surface area contributed by atoms with Gasteiger partial charge in [0, 0.05) is 29.0 Å². The van der Waals surface area contributed by atoms with E-state index in [0.29, 0.717) is 24.5 Å². The number of aryl methyl sites for hydroxylation is 1. The van der Waals surface area contributed by atoms with Crippen molar-refractivity contribution in [3.05, 3.63) is 320 Å². The van der Waals surface area contributed by atoms with Gasteiger partial charge >= 0.3 is 0 Å². The predicted molar refractivity (Wildman–Crippen MR) is 362 cm³/mol. The number of alkyl halides is 1. The summed E-state index contributed by atoms with van der Waals surface area (Å²) in [5.41, 5.74) is 27.0. The highest BCUT2D eigenvalue weighted by Crippen LogP contribution is 2.18. The average molecular weight is 1180 g/mol. The Kier molecular flexibility index (Phi) is 31.8. The Bertz CT molecular complexity index is 3140. The lowest BCUT2D eigenvalue weighted by atomic mass is 10.1. The highest BCUT2D eigenvalue weighted by atomic mass is 79.9. The standard InChI is InChI=1S/C24H23NO.C17H16O.C10H12.C9H9Cl.C8H8O2.C7H8BrN/c1-26-24-16-14-22(15-17-24)9-8-20-4-2-19(3-5-20)6-7-21-10-12-23(18-25)13-11-21;1-3-14-4-6-15(7-5-14)8-9-16-10-12-17(18-2)13-11-16;1-3-9-5-7-10(4-2)8-6-9;1-2-8-3-5-9(7-10)6-4-8;1-10-8-4-2-7(6-9)3-5-8;8-7-3-1-6(5-9)2-4-7/h2-17H,18,25H2,1H3;3-13H,1H2,2H3;3,5-8H,1,4H2,2H3;2-6H,1,7H2;2-6H,1H3;1-4H,5,9H2/b7-6+,9-8+;9-8+;;;;. The molecule has 0 saturated carbocycles. The normalized spacial score (nSPS) is 10.2. The zero-order valence-electron chi connectivity index (χ0n) is 48.1. The number of aldehydes is 1. The van der Waals surface area contributed by atoms with Crippen molar-refractivity contribution < 1.29 is 19.0 Å². The topological polar surface area (TPSA) is 96.8 Å². The maximum Gasteiger partial charge on any atom is 0.150 e. The molecule has 0 aliphatic carbocycles. The van der Waals surface area contributed by atoms with E-state index in [1.54, 1.807) is 45.6 Å². The van der Waals surface area contributed by atoms with Gasteiger partial charge in [0.1, 0.15) is 23.5 Å². The van der Waals surface area contributed by atoms with Gasteiger partial charge in [-0.25, -0.2) is 0 Å². The molecule has 0 aliphatic heterocycles. The van der Waals surface area contributed by atoms with Crippen LogP contribution in [-0.4, -0.2) is 27.6 Å². The van der Waals surface area contributed by atoms with E-state index in [1.165, 1.54) is 38.9 Å². The van der Waals surface area contributed by atoms with E-state index < -0.39 is 0 Å². The van der Waals surface area contributed by atoms with Crippen molar-refractivity contribution in [2.45, 2.75) is 32.3 Å². The summed E-state index contributed by atoms with van der Waals surface area (Å²) in [6.07, 6.45) is 20.1. The number of carbonyl (C=O) groups is 1. The Balaban J connectivity index is 0.000000226. The molecule has 0 bridgehead atoms. The van der Waals surface area contributed by atoms with Crippen molar-refractivity contribution in [2.75, 3.05) is 21.3 Å². The summed E-state index contributed by atoms with van der Waals surface area (Å²) in [4.78, 5) is 10.2. The van der Waals surface area contributed by atoms with Crippen LogP contribution in [0.4, 0.5) is 0 Å². The van der Waals surface area contributed by atoms with Crippen LogP contribution < -0.4 is 25.7 Å². The van der Waals surface area contributed by atoms with E-state index in [0.717, 1.165) is 67.8 Å². The fourth-order valence-corrected chi connectivity index (χ4v) is 7.61. The van der Waals surface area contributed by atoms with Gasteiger partial charge in [-0.05, 0) is 139 Å². The SMILES string of the molecule is C=Cc1ccc(/C=C/c2ccc(OC)cc2)cc1.C=Cc1ccc(CC)cc1.C=Cc1ccc(CCl)cc1.COc1ccc(/C=C/c2ccc(/C=C/c3ccc(CN)cc3)cc2)cc1.COc1ccc(C=O)cc1.NCc1ccc(Br)cc1. The third kappa shape index (κ3) is 26.5. The molecule has 424 valence electrons. The lowest BCUT2D eigenvalue weighted by molar-refractivity contribution is 0.112. The molecule has 0 spiro atoms. The Morgan fingerprint density at radius 2 is 0.590 bits per heavy atom. The van der Waals surface area contributed by atoms with E-state index in [1.807, 2.05) is 115 Å². The molecule has 83 heavy (non-hydrogen) atoms. The summed E-state index contributed by atoms with van der Waals surface area (Å²) in [5, 5.41) is 0. The Hall–Kier alpha value is -8.82. The maximum atomic E-state index is 10.2. The van der Waals surface area contributed by atoms with Crippen LogP contribution in [0.1, 0.15) is 89.6 Å². The quantitative estimate of drug-likeness (QED) is 0.0536. The third-order valence-electron chi connectivity index (χ3n) is 12.4. The summed E-state index contributed by atoms with van der Waals surface area (Å²) in [6.45, 7) is 14.4.